The summed E-state index contributed by atoms with van der Waals surface area (Å²) in [6.07, 6.45) is 0.510. The summed E-state index contributed by atoms with van der Waals surface area (Å²) >= 11 is 0. The first kappa shape index (κ1) is 11.1. The van der Waals surface area contributed by atoms with Crippen molar-refractivity contribution in [3.8, 4) is 0 Å². The van der Waals surface area contributed by atoms with Gasteiger partial charge in [-0.05, 0) is 24.6 Å². The minimum atomic E-state index is -0.479. The molecule has 0 saturated carbocycles. The van der Waals surface area contributed by atoms with Crippen LogP contribution in [0, 0.1) is 12.7 Å². The van der Waals surface area contributed by atoms with Gasteiger partial charge in [-0.15, -0.1) is 0 Å². The molecule has 1 atom stereocenters. The molecule has 16 heavy (non-hydrogen) atoms. The van der Waals surface area contributed by atoms with Crippen LogP contribution in [0.1, 0.15) is 22.3 Å². The summed E-state index contributed by atoms with van der Waals surface area (Å²) in [5, 5.41) is 0. The Morgan fingerprint density at radius 2 is 2.38 bits per heavy atom. The number of carbonyl (C=O) groups is 1. The molecule has 1 aliphatic heterocycles. The molecule has 0 N–H and O–H groups in total. The molecule has 4 heteroatoms. The number of benzene rings is 1. The van der Waals surface area contributed by atoms with Gasteiger partial charge in [0, 0.05) is 6.42 Å². The van der Waals surface area contributed by atoms with Gasteiger partial charge >= 0.3 is 5.97 Å². The van der Waals surface area contributed by atoms with E-state index in [9.17, 15) is 9.18 Å². The minimum Gasteiger partial charge on any atom is -0.456 e. The lowest BCUT2D eigenvalue weighted by molar-refractivity contribution is 0.0269. The summed E-state index contributed by atoms with van der Waals surface area (Å²) in [4.78, 5) is 11.7. The van der Waals surface area contributed by atoms with Crippen molar-refractivity contribution in [3.63, 3.8) is 0 Å². The molecule has 1 aliphatic rings. The first-order valence-electron chi connectivity index (χ1n) is 5.21. The minimum absolute atomic E-state index is 0.199. The van der Waals surface area contributed by atoms with Crippen LogP contribution in [0.15, 0.2) is 18.2 Å². The number of halogens is 1. The third-order valence-corrected chi connectivity index (χ3v) is 2.58. The Hall–Kier alpha value is -1.42. The summed E-state index contributed by atoms with van der Waals surface area (Å²) in [7, 11) is 0. The lowest BCUT2D eigenvalue weighted by Crippen LogP contribution is -2.18. The van der Waals surface area contributed by atoms with Gasteiger partial charge in [0.1, 0.15) is 11.9 Å². The molecule has 0 radical (unpaired) electrons. The van der Waals surface area contributed by atoms with E-state index < -0.39 is 11.8 Å². The Labute approximate surface area is 93.2 Å². The summed E-state index contributed by atoms with van der Waals surface area (Å²) in [5.74, 6) is -0.910. The van der Waals surface area contributed by atoms with Gasteiger partial charge in [-0.25, -0.2) is 9.18 Å². The quantitative estimate of drug-likeness (QED) is 0.721. The van der Waals surface area contributed by atoms with E-state index in [0.717, 1.165) is 0 Å². The number of hydrogen-bond acceptors (Lipinski definition) is 3. The first-order valence-corrected chi connectivity index (χ1v) is 5.21. The Morgan fingerprint density at radius 1 is 1.56 bits per heavy atom. The van der Waals surface area contributed by atoms with Crippen LogP contribution in [0.25, 0.3) is 0 Å². The zero-order valence-electron chi connectivity index (χ0n) is 9.03. The largest absolute Gasteiger partial charge is 0.456 e. The van der Waals surface area contributed by atoms with E-state index in [0.29, 0.717) is 25.2 Å². The number of aryl methyl sites for hydroxylation is 1. The van der Waals surface area contributed by atoms with Gasteiger partial charge in [0.2, 0.25) is 0 Å². The molecule has 0 aliphatic carbocycles. The van der Waals surface area contributed by atoms with Crippen molar-refractivity contribution in [1.29, 1.82) is 0 Å². The van der Waals surface area contributed by atoms with Gasteiger partial charge < -0.3 is 9.47 Å². The maximum absolute atomic E-state index is 13.0. The zero-order valence-corrected chi connectivity index (χ0v) is 9.03. The molecule has 1 saturated heterocycles. The Kier molecular flexibility index (Phi) is 3.19. The van der Waals surface area contributed by atoms with Crippen molar-refractivity contribution >= 4 is 5.97 Å². The van der Waals surface area contributed by atoms with Crippen LogP contribution >= 0.6 is 0 Å². The fourth-order valence-electron chi connectivity index (χ4n) is 1.63. The van der Waals surface area contributed by atoms with E-state index in [1.165, 1.54) is 12.1 Å². The van der Waals surface area contributed by atoms with Crippen LogP contribution in [0.2, 0.25) is 0 Å². The molecular formula is C12H13FO3. The van der Waals surface area contributed by atoms with Crippen molar-refractivity contribution in [2.24, 2.45) is 0 Å². The number of carbonyl (C=O) groups excluding carboxylic acids is 1. The molecule has 0 aromatic heterocycles. The van der Waals surface area contributed by atoms with Gasteiger partial charge in [-0.1, -0.05) is 6.07 Å². The standard InChI is InChI=1S/C12H13FO3/c1-8-2-3-9(13)6-11(8)12(14)16-10-4-5-15-7-10/h2-3,6,10H,4-5,7H2,1H3. The zero-order chi connectivity index (χ0) is 11.5. The van der Waals surface area contributed by atoms with Gasteiger partial charge in [0.15, 0.2) is 0 Å². The molecule has 1 unspecified atom stereocenters. The van der Waals surface area contributed by atoms with Gasteiger partial charge in [-0.2, -0.15) is 0 Å². The Morgan fingerprint density at radius 3 is 3.06 bits per heavy atom. The van der Waals surface area contributed by atoms with E-state index >= 15 is 0 Å². The van der Waals surface area contributed by atoms with E-state index in [4.69, 9.17) is 9.47 Å². The van der Waals surface area contributed by atoms with Crippen molar-refractivity contribution in [1.82, 2.24) is 0 Å². The molecule has 0 bridgehead atoms. The molecule has 0 amide bonds. The van der Waals surface area contributed by atoms with E-state index in [1.54, 1.807) is 13.0 Å². The average Bonchev–Trinajstić information content (AvgIpc) is 2.74. The predicted octanol–water partition coefficient (Wildman–Crippen LogP) is 2.08. The van der Waals surface area contributed by atoms with Crippen molar-refractivity contribution in [2.75, 3.05) is 13.2 Å². The first-order chi connectivity index (χ1) is 7.66. The fourth-order valence-corrected chi connectivity index (χ4v) is 1.63. The van der Waals surface area contributed by atoms with Crippen LogP contribution in [0.5, 0.6) is 0 Å². The average molecular weight is 224 g/mol. The van der Waals surface area contributed by atoms with E-state index in [1.807, 2.05) is 0 Å². The number of rotatable bonds is 2. The van der Waals surface area contributed by atoms with Crippen molar-refractivity contribution in [2.45, 2.75) is 19.4 Å². The van der Waals surface area contributed by atoms with Gasteiger partial charge in [-0.3, -0.25) is 0 Å². The van der Waals surface area contributed by atoms with Crippen LogP contribution < -0.4 is 0 Å². The number of esters is 1. The summed E-state index contributed by atoms with van der Waals surface area (Å²) in [6.45, 7) is 2.79. The van der Waals surface area contributed by atoms with Gasteiger partial charge in [0.25, 0.3) is 0 Å². The van der Waals surface area contributed by atoms with Crippen LogP contribution in [0.3, 0.4) is 0 Å². The van der Waals surface area contributed by atoms with Crippen LogP contribution in [-0.4, -0.2) is 25.3 Å². The lowest BCUT2D eigenvalue weighted by atomic mass is 10.1. The summed E-state index contributed by atoms with van der Waals surface area (Å²) in [5.41, 5.74) is 0.997. The molecule has 2 rings (SSSR count). The highest BCUT2D eigenvalue weighted by molar-refractivity contribution is 5.91. The molecule has 3 nitrogen and oxygen atoms in total. The summed E-state index contributed by atoms with van der Waals surface area (Å²) < 4.78 is 23.3. The highest BCUT2D eigenvalue weighted by Crippen LogP contribution is 2.15. The molecule has 86 valence electrons. The molecule has 1 aromatic carbocycles. The third kappa shape index (κ3) is 2.39. The van der Waals surface area contributed by atoms with Crippen molar-refractivity contribution in [3.05, 3.63) is 35.1 Å². The second-order valence-corrected chi connectivity index (χ2v) is 3.85. The second-order valence-electron chi connectivity index (χ2n) is 3.85. The van der Waals surface area contributed by atoms with Crippen LogP contribution in [0.4, 0.5) is 4.39 Å². The van der Waals surface area contributed by atoms with Crippen LogP contribution in [-0.2, 0) is 9.47 Å². The second kappa shape index (κ2) is 4.61. The molecule has 0 spiro atoms. The van der Waals surface area contributed by atoms with E-state index in [2.05, 4.69) is 0 Å². The Balaban J connectivity index is 2.10. The highest BCUT2D eigenvalue weighted by atomic mass is 19.1. The monoisotopic (exact) mass is 224 g/mol. The maximum atomic E-state index is 13.0. The molecular weight excluding hydrogens is 211 g/mol. The lowest BCUT2D eigenvalue weighted by Gasteiger charge is -2.11. The normalized spacial score (nSPS) is 19.8. The SMILES string of the molecule is Cc1ccc(F)cc1C(=O)OC1CCOC1. The highest BCUT2D eigenvalue weighted by Gasteiger charge is 2.21. The summed E-state index contributed by atoms with van der Waals surface area (Å²) in [6, 6.07) is 4.09. The topological polar surface area (TPSA) is 35.5 Å². The number of ether oxygens (including phenoxy) is 2. The van der Waals surface area contributed by atoms with Crippen molar-refractivity contribution < 1.29 is 18.7 Å². The predicted molar refractivity (Wildman–Crippen MR) is 55.8 cm³/mol. The Bertz CT molecular complexity index is 397. The molecule has 1 aromatic rings. The van der Waals surface area contributed by atoms with E-state index in [-0.39, 0.29) is 11.7 Å². The smallest absolute Gasteiger partial charge is 0.338 e. The maximum Gasteiger partial charge on any atom is 0.338 e. The number of hydrogen-bond donors (Lipinski definition) is 0. The third-order valence-electron chi connectivity index (χ3n) is 2.58. The molecule has 1 fully saturated rings. The van der Waals surface area contributed by atoms with Gasteiger partial charge in [0.05, 0.1) is 18.8 Å². The molecule has 1 heterocycles. The fraction of sp³-hybridized carbons (Fsp3) is 0.417.